The van der Waals surface area contributed by atoms with E-state index in [0.717, 1.165) is 6.42 Å². The summed E-state index contributed by atoms with van der Waals surface area (Å²) in [6.07, 6.45) is 0.789. The van der Waals surface area contributed by atoms with Crippen LogP contribution >= 0.6 is 0 Å². The molecule has 0 saturated heterocycles. The predicted molar refractivity (Wildman–Crippen MR) is 82.6 cm³/mol. The molecule has 1 aromatic rings. The lowest BCUT2D eigenvalue weighted by Gasteiger charge is -2.17. The van der Waals surface area contributed by atoms with Gasteiger partial charge in [0.15, 0.2) is 0 Å². The number of hydrogen-bond donors (Lipinski definition) is 3. The van der Waals surface area contributed by atoms with Gasteiger partial charge in [-0.15, -0.1) is 0 Å². The van der Waals surface area contributed by atoms with Crippen LogP contribution in [0.1, 0.15) is 27.2 Å². The highest BCUT2D eigenvalue weighted by atomic mass is 19.3. The number of rotatable bonds is 7. The minimum Gasteiger partial charge on any atom is -0.435 e. The van der Waals surface area contributed by atoms with Crippen LogP contribution in [0.4, 0.5) is 19.3 Å². The number of carbonyl (C=O) groups excluding carboxylic acids is 2. The highest BCUT2D eigenvalue weighted by molar-refractivity contribution is 5.93. The topological polar surface area (TPSA) is 79.5 Å². The molecule has 2 unspecified atom stereocenters. The minimum atomic E-state index is -2.90. The second-order valence-corrected chi connectivity index (χ2v) is 5.04. The van der Waals surface area contributed by atoms with Crippen molar-refractivity contribution in [2.45, 2.75) is 45.9 Å². The third kappa shape index (κ3) is 6.94. The number of alkyl halides is 2. The second-order valence-electron chi connectivity index (χ2n) is 5.04. The lowest BCUT2D eigenvalue weighted by atomic mass is 10.2. The second kappa shape index (κ2) is 8.92. The molecule has 23 heavy (non-hydrogen) atoms. The summed E-state index contributed by atoms with van der Waals surface area (Å²) >= 11 is 0. The number of hydrogen-bond acceptors (Lipinski definition) is 3. The zero-order valence-corrected chi connectivity index (χ0v) is 13.2. The number of amides is 3. The molecule has 0 fully saturated rings. The van der Waals surface area contributed by atoms with Crippen molar-refractivity contribution >= 4 is 17.6 Å². The molecule has 0 heterocycles. The summed E-state index contributed by atoms with van der Waals surface area (Å²) in [6, 6.07) is 4.20. The van der Waals surface area contributed by atoms with Gasteiger partial charge in [0.1, 0.15) is 11.8 Å². The summed E-state index contributed by atoms with van der Waals surface area (Å²) in [5.74, 6) is -0.289. The summed E-state index contributed by atoms with van der Waals surface area (Å²) < 4.78 is 28.3. The van der Waals surface area contributed by atoms with Crippen LogP contribution in [0.5, 0.6) is 5.75 Å². The van der Waals surface area contributed by atoms with E-state index in [1.165, 1.54) is 24.3 Å². The van der Waals surface area contributed by atoms with Crippen molar-refractivity contribution in [3.05, 3.63) is 24.3 Å². The standard InChI is InChI=1S/C15H21F2N3O3/c1-4-9(2)18-13(21)10(3)19-15(22)20-11-5-7-12(8-6-11)23-14(16)17/h5-10,14H,4H2,1-3H3,(H,18,21)(H2,19,20,22). The number of carbonyl (C=O) groups is 2. The Morgan fingerprint density at radius 1 is 1.13 bits per heavy atom. The van der Waals surface area contributed by atoms with Gasteiger partial charge in [-0.3, -0.25) is 4.79 Å². The lowest BCUT2D eigenvalue weighted by molar-refractivity contribution is -0.123. The lowest BCUT2D eigenvalue weighted by Crippen LogP contribution is -2.48. The molecular weight excluding hydrogens is 308 g/mol. The van der Waals surface area contributed by atoms with Crippen molar-refractivity contribution in [2.24, 2.45) is 0 Å². The Labute approximate surface area is 133 Å². The zero-order valence-electron chi connectivity index (χ0n) is 13.2. The average molecular weight is 329 g/mol. The summed E-state index contributed by atoms with van der Waals surface area (Å²) in [6.45, 7) is 2.48. The molecule has 8 heteroatoms. The first kappa shape index (κ1) is 18.7. The van der Waals surface area contributed by atoms with Crippen molar-refractivity contribution in [3.63, 3.8) is 0 Å². The van der Waals surface area contributed by atoms with E-state index < -0.39 is 18.7 Å². The van der Waals surface area contributed by atoms with Crippen LogP contribution in [0.25, 0.3) is 0 Å². The van der Waals surface area contributed by atoms with Gasteiger partial charge in [0.05, 0.1) is 0 Å². The highest BCUT2D eigenvalue weighted by Gasteiger charge is 2.16. The van der Waals surface area contributed by atoms with Crippen LogP contribution in [0.15, 0.2) is 24.3 Å². The average Bonchev–Trinajstić information content (AvgIpc) is 2.48. The van der Waals surface area contributed by atoms with Gasteiger partial charge in [-0.1, -0.05) is 6.92 Å². The van der Waals surface area contributed by atoms with Gasteiger partial charge >= 0.3 is 12.6 Å². The first-order valence-electron chi connectivity index (χ1n) is 7.24. The number of ether oxygens (including phenoxy) is 1. The van der Waals surface area contributed by atoms with E-state index >= 15 is 0 Å². The fraction of sp³-hybridized carbons (Fsp3) is 0.467. The first-order chi connectivity index (χ1) is 10.8. The Morgan fingerprint density at radius 2 is 1.74 bits per heavy atom. The van der Waals surface area contributed by atoms with Crippen LogP contribution in [-0.2, 0) is 4.79 Å². The van der Waals surface area contributed by atoms with E-state index in [2.05, 4.69) is 20.7 Å². The maximum atomic E-state index is 12.0. The van der Waals surface area contributed by atoms with E-state index in [-0.39, 0.29) is 17.7 Å². The first-order valence-corrected chi connectivity index (χ1v) is 7.24. The highest BCUT2D eigenvalue weighted by Crippen LogP contribution is 2.17. The Kier molecular flexibility index (Phi) is 7.24. The van der Waals surface area contributed by atoms with E-state index in [4.69, 9.17) is 0 Å². The molecule has 0 aliphatic heterocycles. The fourth-order valence-corrected chi connectivity index (χ4v) is 1.62. The monoisotopic (exact) mass is 329 g/mol. The SMILES string of the molecule is CCC(C)NC(=O)C(C)NC(=O)Nc1ccc(OC(F)F)cc1. The van der Waals surface area contributed by atoms with Crippen molar-refractivity contribution in [3.8, 4) is 5.75 Å². The van der Waals surface area contributed by atoms with Gasteiger partial charge in [0.25, 0.3) is 0 Å². The van der Waals surface area contributed by atoms with Crippen LogP contribution in [-0.4, -0.2) is 30.6 Å². The smallest absolute Gasteiger partial charge is 0.387 e. The molecule has 0 saturated carbocycles. The van der Waals surface area contributed by atoms with Crippen LogP contribution < -0.4 is 20.7 Å². The van der Waals surface area contributed by atoms with E-state index in [1.807, 2.05) is 13.8 Å². The summed E-state index contributed by atoms with van der Waals surface area (Å²) in [5, 5.41) is 7.75. The maximum absolute atomic E-state index is 12.0. The Balaban J connectivity index is 2.48. The van der Waals surface area contributed by atoms with Gasteiger partial charge in [-0.05, 0) is 44.5 Å². The van der Waals surface area contributed by atoms with Crippen LogP contribution in [0.2, 0.25) is 0 Å². The number of anilines is 1. The molecule has 0 aliphatic rings. The molecule has 0 bridgehead atoms. The minimum absolute atomic E-state index is 0.00717. The molecule has 3 amide bonds. The fourth-order valence-electron chi connectivity index (χ4n) is 1.62. The number of benzene rings is 1. The van der Waals surface area contributed by atoms with Gasteiger partial charge in [-0.25, -0.2) is 4.79 Å². The Bertz CT molecular complexity index is 523. The third-order valence-electron chi connectivity index (χ3n) is 3.08. The van der Waals surface area contributed by atoms with E-state index in [0.29, 0.717) is 5.69 Å². The quantitative estimate of drug-likeness (QED) is 0.719. The largest absolute Gasteiger partial charge is 0.435 e. The Hall–Kier alpha value is -2.38. The van der Waals surface area contributed by atoms with Crippen LogP contribution in [0, 0.1) is 0 Å². The molecule has 128 valence electrons. The third-order valence-corrected chi connectivity index (χ3v) is 3.08. The van der Waals surface area contributed by atoms with E-state index in [1.54, 1.807) is 6.92 Å². The molecule has 0 radical (unpaired) electrons. The molecule has 1 rings (SSSR count). The normalized spacial score (nSPS) is 13.1. The summed E-state index contributed by atoms with van der Waals surface area (Å²) in [4.78, 5) is 23.6. The predicted octanol–water partition coefficient (Wildman–Crippen LogP) is 2.71. The maximum Gasteiger partial charge on any atom is 0.387 e. The molecule has 6 nitrogen and oxygen atoms in total. The molecular formula is C15H21F2N3O3. The zero-order chi connectivity index (χ0) is 17.4. The summed E-state index contributed by atoms with van der Waals surface area (Å²) in [7, 11) is 0. The van der Waals surface area contributed by atoms with Gasteiger partial charge in [-0.2, -0.15) is 8.78 Å². The van der Waals surface area contributed by atoms with Crippen LogP contribution in [0.3, 0.4) is 0 Å². The molecule has 0 aliphatic carbocycles. The molecule has 1 aromatic carbocycles. The van der Waals surface area contributed by atoms with Crippen molar-refractivity contribution in [1.29, 1.82) is 0 Å². The van der Waals surface area contributed by atoms with Gasteiger partial charge in [0.2, 0.25) is 5.91 Å². The molecule has 3 N–H and O–H groups in total. The van der Waals surface area contributed by atoms with Crippen molar-refractivity contribution in [1.82, 2.24) is 10.6 Å². The molecule has 0 spiro atoms. The summed E-state index contributed by atoms with van der Waals surface area (Å²) in [5.41, 5.74) is 0.388. The molecule has 2 atom stereocenters. The van der Waals surface area contributed by atoms with E-state index in [9.17, 15) is 18.4 Å². The van der Waals surface area contributed by atoms with Crippen molar-refractivity contribution < 1.29 is 23.1 Å². The van der Waals surface area contributed by atoms with Crippen molar-refractivity contribution in [2.75, 3.05) is 5.32 Å². The number of urea groups is 1. The van der Waals surface area contributed by atoms with Gasteiger partial charge < -0.3 is 20.7 Å². The molecule has 0 aromatic heterocycles. The number of halogens is 2. The Morgan fingerprint density at radius 3 is 2.26 bits per heavy atom. The number of nitrogens with one attached hydrogen (secondary N) is 3. The van der Waals surface area contributed by atoms with Gasteiger partial charge in [0, 0.05) is 11.7 Å².